The lowest BCUT2D eigenvalue weighted by Crippen LogP contribution is -2.65. The summed E-state index contributed by atoms with van der Waals surface area (Å²) in [6.07, 6.45) is 0.568. The van der Waals surface area contributed by atoms with E-state index in [1.54, 1.807) is 0 Å². The summed E-state index contributed by atoms with van der Waals surface area (Å²) in [4.78, 5) is 39.5. The van der Waals surface area contributed by atoms with E-state index < -0.39 is 53.5 Å². The summed E-state index contributed by atoms with van der Waals surface area (Å²) in [5.41, 5.74) is 4.55. The first-order chi connectivity index (χ1) is 17.7. The molecule has 0 bridgehead atoms. The Balaban J connectivity index is 1.64. The summed E-state index contributed by atoms with van der Waals surface area (Å²) in [5, 5.41) is 5.86. The number of hydrogen-bond acceptors (Lipinski definition) is 6. The van der Waals surface area contributed by atoms with E-state index in [1.807, 2.05) is 0 Å². The molecular weight excluding hydrogens is 508 g/mol. The second-order valence-electron chi connectivity index (χ2n) is 9.89. The van der Waals surface area contributed by atoms with E-state index in [2.05, 4.69) is 10.6 Å². The van der Waals surface area contributed by atoms with Gasteiger partial charge in [0.05, 0.1) is 22.5 Å². The molecule has 0 unspecified atom stereocenters. The zero-order chi connectivity index (χ0) is 28.2. The van der Waals surface area contributed by atoms with Gasteiger partial charge in [-0.1, -0.05) is 0 Å². The zero-order valence-electron chi connectivity index (χ0n) is 21.1. The predicted molar refractivity (Wildman–Crippen MR) is 130 cm³/mol. The molecule has 1 aromatic heterocycles. The Bertz CT molecular complexity index is 1350. The molecule has 0 radical (unpaired) electrons. The van der Waals surface area contributed by atoms with Crippen molar-refractivity contribution >= 4 is 23.3 Å². The molecule has 204 valence electrons. The predicted octanol–water partition coefficient (Wildman–Crippen LogP) is 2.65. The van der Waals surface area contributed by atoms with Crippen LogP contribution >= 0.6 is 0 Å². The first kappa shape index (κ1) is 27.2. The number of Topliss-reactive ketones (excluding diaryl/α,β-unsaturated/α-hetero) is 1. The number of nitrogens with two attached hydrogens (primary N) is 2. The van der Waals surface area contributed by atoms with Crippen LogP contribution in [-0.4, -0.2) is 45.7 Å². The van der Waals surface area contributed by atoms with Gasteiger partial charge in [0.1, 0.15) is 11.6 Å². The number of fused-ring (bicyclic) bond motifs is 1. The van der Waals surface area contributed by atoms with Crippen LogP contribution in [0.1, 0.15) is 56.9 Å². The third kappa shape index (κ3) is 4.73. The highest BCUT2D eigenvalue weighted by atomic mass is 19.3. The third-order valence-corrected chi connectivity index (χ3v) is 6.97. The second-order valence-corrected chi connectivity index (χ2v) is 9.89. The summed E-state index contributed by atoms with van der Waals surface area (Å²) in [5.74, 6) is -2.12. The molecule has 2 aromatic rings. The highest BCUT2D eigenvalue weighted by molar-refractivity contribution is 6.43. The number of carbonyl (C=O) groups excluding carboxylic acids is 3. The number of anilines is 1. The van der Waals surface area contributed by atoms with Gasteiger partial charge in [0.2, 0.25) is 0 Å². The number of alkyl halides is 2. The van der Waals surface area contributed by atoms with Crippen molar-refractivity contribution in [1.29, 1.82) is 0 Å². The Morgan fingerprint density at radius 2 is 1.71 bits per heavy atom. The molecule has 1 aliphatic heterocycles. The molecule has 38 heavy (non-hydrogen) atoms. The van der Waals surface area contributed by atoms with Gasteiger partial charge in [-0.15, -0.1) is 0 Å². The van der Waals surface area contributed by atoms with Crippen molar-refractivity contribution < 1.29 is 31.9 Å². The van der Waals surface area contributed by atoms with Crippen molar-refractivity contribution in [1.82, 2.24) is 14.9 Å². The summed E-state index contributed by atoms with van der Waals surface area (Å²) in [7, 11) is 1.42. The summed E-state index contributed by atoms with van der Waals surface area (Å²) in [6, 6.07) is 1.96. The Kier molecular flexibility index (Phi) is 6.76. The van der Waals surface area contributed by atoms with Gasteiger partial charge in [-0.3, -0.25) is 14.4 Å². The Hall–Kier alpha value is -3.87. The number of ketones is 1. The number of amides is 2. The lowest BCUT2D eigenvalue weighted by atomic mass is 9.71. The van der Waals surface area contributed by atoms with E-state index in [0.717, 1.165) is 17.1 Å². The highest BCUT2D eigenvalue weighted by Crippen LogP contribution is 2.48. The van der Waals surface area contributed by atoms with Crippen molar-refractivity contribution in [2.24, 2.45) is 11.6 Å². The average Bonchev–Trinajstić information content (AvgIpc) is 3.34. The Labute approximate surface area is 215 Å². The van der Waals surface area contributed by atoms with E-state index in [0.29, 0.717) is 25.1 Å². The third-order valence-electron chi connectivity index (χ3n) is 6.97. The maximum Gasteiger partial charge on any atom is 0.294 e. The molecular formula is C25H28F4N6O3. The largest absolute Gasteiger partial charge is 0.399 e. The van der Waals surface area contributed by atoms with E-state index >= 15 is 0 Å². The van der Waals surface area contributed by atoms with Gasteiger partial charge in [-0.05, 0) is 44.4 Å². The fraction of sp³-hybridized carbons (Fsp3) is 0.400. The second kappa shape index (κ2) is 9.46. The van der Waals surface area contributed by atoms with Crippen molar-refractivity contribution in [2.75, 3.05) is 12.4 Å². The van der Waals surface area contributed by atoms with Crippen molar-refractivity contribution in [3.8, 4) is 0 Å². The smallest absolute Gasteiger partial charge is 0.294 e. The molecule has 1 aliphatic carbocycles. The van der Waals surface area contributed by atoms with Crippen LogP contribution in [0.5, 0.6) is 0 Å². The number of nitrogens with one attached hydrogen (secondary N) is 2. The Morgan fingerprint density at radius 1 is 1.11 bits per heavy atom. The maximum atomic E-state index is 14.0. The topological polar surface area (TPSA) is 135 Å². The van der Waals surface area contributed by atoms with Crippen molar-refractivity contribution in [3.05, 3.63) is 63.7 Å². The molecule has 1 saturated carbocycles. The van der Waals surface area contributed by atoms with Crippen LogP contribution in [0.2, 0.25) is 0 Å². The molecule has 2 amide bonds. The molecule has 2 aliphatic rings. The Morgan fingerprint density at radius 3 is 2.26 bits per heavy atom. The van der Waals surface area contributed by atoms with Gasteiger partial charge < -0.3 is 25.9 Å². The minimum Gasteiger partial charge on any atom is -0.399 e. The molecule has 6 N–H and O–H groups in total. The van der Waals surface area contributed by atoms with E-state index in [1.165, 1.54) is 31.7 Å². The molecule has 9 nitrogen and oxygen atoms in total. The fourth-order valence-electron chi connectivity index (χ4n) is 5.14. The SMILES string of the molecule is Cc1c(F)cc(NC(=O)c2c(C)c(C(=O)C(=O)NC3(/C(N)=C/N(C)N)CC(F)(F)C3)n3c2CCC3)cc1F. The van der Waals surface area contributed by atoms with Crippen LogP contribution in [0.3, 0.4) is 0 Å². The summed E-state index contributed by atoms with van der Waals surface area (Å²) in [6.45, 7) is 3.08. The quantitative estimate of drug-likeness (QED) is 0.141. The van der Waals surface area contributed by atoms with Gasteiger partial charge in [-0.25, -0.2) is 23.4 Å². The minimum atomic E-state index is -3.09. The average molecular weight is 537 g/mol. The molecule has 0 atom stereocenters. The summed E-state index contributed by atoms with van der Waals surface area (Å²) >= 11 is 0. The van der Waals surface area contributed by atoms with Gasteiger partial charge in [0.15, 0.2) is 0 Å². The molecule has 0 spiro atoms. The van der Waals surface area contributed by atoms with E-state index in [9.17, 15) is 31.9 Å². The first-order valence-corrected chi connectivity index (χ1v) is 11.8. The number of rotatable bonds is 7. The molecule has 2 heterocycles. The number of benzene rings is 1. The highest BCUT2D eigenvalue weighted by Gasteiger charge is 2.59. The number of halogens is 4. The van der Waals surface area contributed by atoms with Gasteiger partial charge in [0, 0.05) is 49.6 Å². The number of carbonyl (C=O) groups is 3. The molecule has 4 rings (SSSR count). The fourth-order valence-corrected chi connectivity index (χ4v) is 5.14. The zero-order valence-corrected chi connectivity index (χ0v) is 21.1. The molecule has 13 heteroatoms. The van der Waals surface area contributed by atoms with Crippen LogP contribution in [0, 0.1) is 25.5 Å². The lowest BCUT2D eigenvalue weighted by Gasteiger charge is -2.47. The molecule has 1 aromatic carbocycles. The minimum absolute atomic E-state index is 0.0684. The van der Waals surface area contributed by atoms with Crippen LogP contribution < -0.4 is 22.2 Å². The number of hydrazine groups is 1. The van der Waals surface area contributed by atoms with Gasteiger partial charge >= 0.3 is 0 Å². The molecule has 1 fully saturated rings. The van der Waals surface area contributed by atoms with Crippen molar-refractivity contribution in [3.63, 3.8) is 0 Å². The monoisotopic (exact) mass is 536 g/mol. The van der Waals surface area contributed by atoms with E-state index in [-0.39, 0.29) is 33.8 Å². The maximum absolute atomic E-state index is 14.0. The first-order valence-electron chi connectivity index (χ1n) is 11.8. The van der Waals surface area contributed by atoms with Crippen LogP contribution in [0.4, 0.5) is 23.2 Å². The molecule has 0 saturated heterocycles. The van der Waals surface area contributed by atoms with Gasteiger partial charge in [0.25, 0.3) is 23.5 Å². The van der Waals surface area contributed by atoms with Crippen LogP contribution in [-0.2, 0) is 17.8 Å². The van der Waals surface area contributed by atoms with Gasteiger partial charge in [-0.2, -0.15) is 0 Å². The number of aromatic nitrogens is 1. The normalized spacial score (nSPS) is 17.4. The number of hydrogen-bond donors (Lipinski definition) is 4. The number of nitrogens with zero attached hydrogens (tertiary/aromatic N) is 2. The standard InChI is InChI=1S/C25H28F4N6O3/c1-12-15(26)7-14(8-16(12)27)32-22(37)19-13(2)20(35-6-4-5-17(19)35)21(36)23(38)33-24(10-25(28,29)11-24)18(30)9-34(3)31/h7-9H,4-6,10-11,30-31H2,1-3H3,(H,32,37)(H,33,38)/b18-9-. The summed E-state index contributed by atoms with van der Waals surface area (Å²) < 4.78 is 57.2. The van der Waals surface area contributed by atoms with Crippen LogP contribution in [0.15, 0.2) is 24.0 Å². The van der Waals surface area contributed by atoms with Crippen LogP contribution in [0.25, 0.3) is 0 Å². The lowest BCUT2D eigenvalue weighted by molar-refractivity contribution is -0.137. The van der Waals surface area contributed by atoms with E-state index in [4.69, 9.17) is 11.6 Å². The van der Waals surface area contributed by atoms with Crippen molar-refractivity contribution in [2.45, 2.75) is 57.5 Å².